The molecule has 0 unspecified atom stereocenters. The van der Waals surface area contributed by atoms with Gasteiger partial charge < -0.3 is 10.5 Å². The molecule has 0 atom stereocenters. The fraction of sp³-hybridized carbons (Fsp3) is 0.100. The molecule has 0 heterocycles. The average molecular weight is 272 g/mol. The van der Waals surface area contributed by atoms with Gasteiger partial charge >= 0.3 is 5.97 Å². The maximum atomic E-state index is 11.5. The number of hydrogen-bond donors (Lipinski definition) is 2. The van der Waals surface area contributed by atoms with Gasteiger partial charge in [-0.3, -0.25) is 5.43 Å². The van der Waals surface area contributed by atoms with Crippen LogP contribution in [0.5, 0.6) is 0 Å². The van der Waals surface area contributed by atoms with Crippen LogP contribution >= 0.6 is 23.8 Å². The molecule has 0 aliphatic rings. The fourth-order valence-electron chi connectivity index (χ4n) is 1.04. The first-order valence-electron chi connectivity index (χ1n) is 4.52. The number of halogens is 1. The number of benzene rings is 1. The Balaban J connectivity index is 3.06. The SMILES string of the molecule is COC(=O)C(=NNC(N)=S)c1ccc(Cl)cc1. The van der Waals surface area contributed by atoms with Crippen LogP contribution in [0.1, 0.15) is 5.56 Å². The van der Waals surface area contributed by atoms with E-state index in [9.17, 15) is 4.79 Å². The Hall–Kier alpha value is -1.66. The number of carbonyl (C=O) groups excluding carboxylic acids is 1. The van der Waals surface area contributed by atoms with E-state index in [1.54, 1.807) is 24.3 Å². The summed E-state index contributed by atoms with van der Waals surface area (Å²) in [5.41, 5.74) is 8.17. The van der Waals surface area contributed by atoms with Crippen molar-refractivity contribution in [2.45, 2.75) is 0 Å². The molecule has 0 fully saturated rings. The quantitative estimate of drug-likeness (QED) is 0.372. The number of methoxy groups -OCH3 is 1. The molecule has 0 aromatic heterocycles. The summed E-state index contributed by atoms with van der Waals surface area (Å²) in [6.07, 6.45) is 0. The molecule has 1 aromatic rings. The summed E-state index contributed by atoms with van der Waals surface area (Å²) in [5, 5.41) is 4.29. The van der Waals surface area contributed by atoms with Crippen LogP contribution in [0, 0.1) is 0 Å². The highest BCUT2D eigenvalue weighted by Crippen LogP contribution is 2.10. The van der Waals surface area contributed by atoms with Crippen molar-refractivity contribution in [3.63, 3.8) is 0 Å². The molecule has 0 spiro atoms. The molecule has 0 aliphatic carbocycles. The summed E-state index contributed by atoms with van der Waals surface area (Å²) in [7, 11) is 1.26. The van der Waals surface area contributed by atoms with E-state index in [-0.39, 0.29) is 10.8 Å². The predicted octanol–water partition coefficient (Wildman–Crippen LogP) is 1.05. The van der Waals surface area contributed by atoms with Crippen LogP contribution in [0.15, 0.2) is 29.4 Å². The van der Waals surface area contributed by atoms with Gasteiger partial charge in [0, 0.05) is 10.6 Å². The first-order chi connectivity index (χ1) is 8.04. The van der Waals surface area contributed by atoms with E-state index in [4.69, 9.17) is 17.3 Å². The van der Waals surface area contributed by atoms with Crippen molar-refractivity contribution in [2.75, 3.05) is 7.11 Å². The minimum atomic E-state index is -0.601. The minimum absolute atomic E-state index is 0.0413. The van der Waals surface area contributed by atoms with Crippen molar-refractivity contribution in [3.05, 3.63) is 34.9 Å². The molecular weight excluding hydrogens is 262 g/mol. The van der Waals surface area contributed by atoms with Crippen molar-refractivity contribution in [1.82, 2.24) is 5.43 Å². The normalized spacial score (nSPS) is 10.8. The third kappa shape index (κ3) is 4.01. The zero-order valence-electron chi connectivity index (χ0n) is 8.94. The molecule has 1 aromatic carbocycles. The van der Waals surface area contributed by atoms with Gasteiger partial charge in [-0.2, -0.15) is 5.10 Å². The highest BCUT2D eigenvalue weighted by Gasteiger charge is 2.14. The van der Waals surface area contributed by atoms with E-state index in [1.807, 2.05) is 0 Å². The summed E-state index contributed by atoms with van der Waals surface area (Å²) < 4.78 is 4.60. The van der Waals surface area contributed by atoms with E-state index >= 15 is 0 Å². The van der Waals surface area contributed by atoms with Crippen LogP contribution in [0.3, 0.4) is 0 Å². The summed E-state index contributed by atoms with van der Waals surface area (Å²) >= 11 is 10.3. The Kier molecular flexibility index (Phi) is 4.86. The number of hydrazone groups is 1. The first-order valence-corrected chi connectivity index (χ1v) is 5.30. The van der Waals surface area contributed by atoms with Gasteiger partial charge in [0.15, 0.2) is 10.8 Å². The van der Waals surface area contributed by atoms with Crippen LogP contribution in [-0.2, 0) is 9.53 Å². The first kappa shape index (κ1) is 13.4. The van der Waals surface area contributed by atoms with Crippen molar-refractivity contribution < 1.29 is 9.53 Å². The Morgan fingerprint density at radius 1 is 1.47 bits per heavy atom. The molecule has 7 heteroatoms. The van der Waals surface area contributed by atoms with Crippen molar-refractivity contribution in [2.24, 2.45) is 10.8 Å². The van der Waals surface area contributed by atoms with E-state index < -0.39 is 5.97 Å². The lowest BCUT2D eigenvalue weighted by Gasteiger charge is -2.05. The molecular formula is C10H10ClN3O2S. The molecule has 0 saturated carbocycles. The molecule has 90 valence electrons. The van der Waals surface area contributed by atoms with Crippen LogP contribution in [0.25, 0.3) is 0 Å². The lowest BCUT2D eigenvalue weighted by Crippen LogP contribution is -2.28. The van der Waals surface area contributed by atoms with Gasteiger partial charge in [0.05, 0.1) is 7.11 Å². The molecule has 17 heavy (non-hydrogen) atoms. The lowest BCUT2D eigenvalue weighted by molar-refractivity contribution is -0.132. The standard InChI is InChI=1S/C10H10ClN3O2S/c1-16-9(15)8(13-14-10(12)17)6-2-4-7(11)5-3-6/h2-5H,1H3,(H3,12,14,17). The Labute approximate surface area is 109 Å². The molecule has 5 nitrogen and oxygen atoms in total. The molecule has 0 saturated heterocycles. The monoisotopic (exact) mass is 271 g/mol. The smallest absolute Gasteiger partial charge is 0.359 e. The predicted molar refractivity (Wildman–Crippen MR) is 69.9 cm³/mol. The van der Waals surface area contributed by atoms with Gasteiger partial charge in [-0.05, 0) is 24.4 Å². The van der Waals surface area contributed by atoms with Gasteiger partial charge in [0.1, 0.15) is 0 Å². The van der Waals surface area contributed by atoms with E-state index in [0.717, 1.165) is 0 Å². The Morgan fingerprint density at radius 2 is 2.06 bits per heavy atom. The lowest BCUT2D eigenvalue weighted by atomic mass is 10.1. The summed E-state index contributed by atoms with van der Waals surface area (Å²) in [6, 6.07) is 6.55. The summed E-state index contributed by atoms with van der Waals surface area (Å²) in [4.78, 5) is 11.5. The molecule has 0 amide bonds. The number of hydrogen-bond acceptors (Lipinski definition) is 4. The largest absolute Gasteiger partial charge is 0.464 e. The molecule has 1 rings (SSSR count). The second-order valence-corrected chi connectivity index (χ2v) is 3.81. The number of nitrogens with zero attached hydrogens (tertiary/aromatic N) is 1. The topological polar surface area (TPSA) is 76.7 Å². The van der Waals surface area contributed by atoms with Gasteiger partial charge in [0.25, 0.3) is 0 Å². The summed E-state index contributed by atoms with van der Waals surface area (Å²) in [6.45, 7) is 0. The van der Waals surface area contributed by atoms with Gasteiger partial charge in [0.2, 0.25) is 0 Å². The Bertz CT molecular complexity index is 459. The molecule has 3 N–H and O–H groups in total. The maximum Gasteiger partial charge on any atom is 0.359 e. The second-order valence-electron chi connectivity index (χ2n) is 2.93. The van der Waals surface area contributed by atoms with E-state index in [0.29, 0.717) is 10.6 Å². The number of nitrogens with two attached hydrogens (primary N) is 1. The summed E-state index contributed by atoms with van der Waals surface area (Å²) in [5.74, 6) is -0.601. The number of ether oxygens (including phenoxy) is 1. The number of rotatable bonds is 3. The molecule has 0 radical (unpaired) electrons. The highest BCUT2D eigenvalue weighted by atomic mass is 35.5. The molecule has 0 aliphatic heterocycles. The van der Waals surface area contributed by atoms with Gasteiger partial charge in [-0.15, -0.1) is 0 Å². The number of carbonyl (C=O) groups is 1. The maximum absolute atomic E-state index is 11.5. The van der Waals surface area contributed by atoms with Crippen molar-refractivity contribution in [1.29, 1.82) is 0 Å². The van der Waals surface area contributed by atoms with E-state index in [2.05, 4.69) is 27.5 Å². The van der Waals surface area contributed by atoms with Crippen LogP contribution in [-0.4, -0.2) is 23.9 Å². The van der Waals surface area contributed by atoms with Gasteiger partial charge in [-0.25, -0.2) is 4.79 Å². The van der Waals surface area contributed by atoms with Crippen LogP contribution in [0.4, 0.5) is 0 Å². The third-order valence-electron chi connectivity index (χ3n) is 1.77. The van der Waals surface area contributed by atoms with Crippen molar-refractivity contribution >= 4 is 40.6 Å². The molecule has 0 bridgehead atoms. The number of esters is 1. The second kappa shape index (κ2) is 6.17. The zero-order valence-corrected chi connectivity index (χ0v) is 10.5. The van der Waals surface area contributed by atoms with Crippen molar-refractivity contribution in [3.8, 4) is 0 Å². The van der Waals surface area contributed by atoms with E-state index in [1.165, 1.54) is 7.11 Å². The highest BCUT2D eigenvalue weighted by molar-refractivity contribution is 7.80. The van der Waals surface area contributed by atoms with Crippen LogP contribution < -0.4 is 11.2 Å². The minimum Gasteiger partial charge on any atom is -0.464 e. The third-order valence-corrected chi connectivity index (χ3v) is 2.12. The average Bonchev–Trinajstić information content (AvgIpc) is 2.30. The number of thiocarbonyl (C=S) groups is 1. The number of nitrogens with one attached hydrogen (secondary N) is 1. The Morgan fingerprint density at radius 3 is 2.53 bits per heavy atom. The van der Waals surface area contributed by atoms with Crippen LogP contribution in [0.2, 0.25) is 5.02 Å². The fourth-order valence-corrected chi connectivity index (χ4v) is 1.22. The van der Waals surface area contributed by atoms with Gasteiger partial charge in [-0.1, -0.05) is 23.7 Å². The zero-order chi connectivity index (χ0) is 12.8.